The molecule has 0 aliphatic rings. The Bertz CT molecular complexity index is 384. The predicted octanol–water partition coefficient (Wildman–Crippen LogP) is 4.14. The second-order valence-corrected chi connectivity index (χ2v) is 4.49. The van der Waals surface area contributed by atoms with Gasteiger partial charge >= 0.3 is 6.18 Å². The second-order valence-electron chi connectivity index (χ2n) is 3.95. The van der Waals surface area contributed by atoms with E-state index in [1.165, 1.54) is 0 Å². The highest BCUT2D eigenvalue weighted by Crippen LogP contribution is 2.31. The van der Waals surface area contributed by atoms with Crippen molar-refractivity contribution in [1.82, 2.24) is 4.98 Å². The number of anilines is 1. The van der Waals surface area contributed by atoms with Gasteiger partial charge in [0.25, 0.3) is 0 Å². The Morgan fingerprint density at radius 1 is 1.28 bits per heavy atom. The molecule has 1 aromatic rings. The number of alkyl halides is 5. The molecule has 0 aromatic carbocycles. The molecule has 0 atom stereocenters. The third-order valence-electron chi connectivity index (χ3n) is 2.67. The zero-order chi connectivity index (χ0) is 13.8. The monoisotopic (exact) mass is 300 g/mol. The third kappa shape index (κ3) is 3.65. The first kappa shape index (κ1) is 15.4. The fraction of sp³-hybridized carbons (Fsp3) is 0.545. The van der Waals surface area contributed by atoms with Gasteiger partial charge in [-0.2, -0.15) is 13.2 Å². The van der Waals surface area contributed by atoms with Crippen molar-refractivity contribution < 1.29 is 13.2 Å². The van der Waals surface area contributed by atoms with Crippen molar-refractivity contribution in [2.75, 3.05) is 17.1 Å². The third-order valence-corrected chi connectivity index (χ3v) is 3.69. The van der Waals surface area contributed by atoms with Gasteiger partial charge in [-0.25, -0.2) is 4.98 Å². The van der Waals surface area contributed by atoms with E-state index in [-0.39, 0.29) is 17.6 Å². The van der Waals surface area contributed by atoms with Crippen LogP contribution in [0, 0.1) is 0 Å². The summed E-state index contributed by atoms with van der Waals surface area (Å²) in [5, 5.41) is 2.88. The van der Waals surface area contributed by atoms with Gasteiger partial charge in [0.15, 0.2) is 0 Å². The molecular weight excluding hydrogens is 288 g/mol. The Hall–Kier alpha value is -0.680. The van der Waals surface area contributed by atoms with Crippen molar-refractivity contribution in [2.45, 2.75) is 25.1 Å². The molecule has 0 unspecified atom stereocenters. The van der Waals surface area contributed by atoms with Crippen LogP contribution in [0.25, 0.3) is 0 Å². The van der Waals surface area contributed by atoms with Gasteiger partial charge in [-0.05, 0) is 18.6 Å². The Kier molecular flexibility index (Phi) is 5.10. The highest BCUT2D eigenvalue weighted by molar-refractivity contribution is 6.22. The van der Waals surface area contributed by atoms with Crippen molar-refractivity contribution in [3.63, 3.8) is 0 Å². The molecule has 0 spiro atoms. The maximum absolute atomic E-state index is 12.5. The van der Waals surface area contributed by atoms with E-state index in [2.05, 4.69) is 10.3 Å². The summed E-state index contributed by atoms with van der Waals surface area (Å²) in [6.07, 6.45) is -2.71. The number of hydrogen-bond donors (Lipinski definition) is 1. The number of aromatic nitrogens is 1. The normalized spacial score (nSPS) is 12.6. The Labute approximate surface area is 113 Å². The average molecular weight is 301 g/mol. The van der Waals surface area contributed by atoms with Crippen LogP contribution in [0.1, 0.15) is 18.9 Å². The van der Waals surface area contributed by atoms with Gasteiger partial charge in [0.05, 0.1) is 11.1 Å². The molecule has 0 saturated carbocycles. The molecule has 18 heavy (non-hydrogen) atoms. The van der Waals surface area contributed by atoms with Gasteiger partial charge in [0.1, 0.15) is 5.82 Å². The van der Waals surface area contributed by atoms with Gasteiger partial charge in [-0.3, -0.25) is 0 Å². The van der Waals surface area contributed by atoms with Crippen LogP contribution in [0.3, 0.4) is 0 Å². The summed E-state index contributed by atoms with van der Waals surface area (Å²) in [4.78, 5) is 3.85. The number of halogens is 5. The minimum absolute atomic E-state index is 0.118. The van der Waals surface area contributed by atoms with Gasteiger partial charge in [0, 0.05) is 18.0 Å². The minimum Gasteiger partial charge on any atom is -0.362 e. The van der Waals surface area contributed by atoms with Gasteiger partial charge in [-0.15, -0.1) is 23.2 Å². The Morgan fingerprint density at radius 3 is 2.33 bits per heavy atom. The van der Waals surface area contributed by atoms with E-state index < -0.39 is 17.3 Å². The number of nitrogens with one attached hydrogen (secondary N) is 1. The highest BCUT2D eigenvalue weighted by atomic mass is 35.5. The van der Waals surface area contributed by atoms with Crippen LogP contribution in [-0.2, 0) is 6.18 Å². The van der Waals surface area contributed by atoms with Crippen molar-refractivity contribution in [2.24, 2.45) is 0 Å². The zero-order valence-corrected chi connectivity index (χ0v) is 11.2. The summed E-state index contributed by atoms with van der Waals surface area (Å²) in [6.45, 7) is 1.85. The number of hydrogen-bond acceptors (Lipinski definition) is 2. The molecule has 2 nitrogen and oxygen atoms in total. The standard InChI is InChI=1S/C11H13Cl2F3N2/c1-2-10(6-12,7-13)18-9-5-8(3-4-17-9)11(14,15)16/h3-5H,2,6-7H2,1H3,(H,17,18). The van der Waals surface area contributed by atoms with E-state index in [9.17, 15) is 13.2 Å². The molecule has 1 rings (SSSR count). The van der Waals surface area contributed by atoms with E-state index in [4.69, 9.17) is 23.2 Å². The summed E-state index contributed by atoms with van der Waals surface area (Å²) in [5.41, 5.74) is -1.41. The summed E-state index contributed by atoms with van der Waals surface area (Å²) in [7, 11) is 0. The van der Waals surface area contributed by atoms with Crippen LogP contribution >= 0.6 is 23.2 Å². The molecule has 102 valence electrons. The Morgan fingerprint density at radius 2 is 1.89 bits per heavy atom. The average Bonchev–Trinajstić information content (AvgIpc) is 2.35. The van der Waals surface area contributed by atoms with Gasteiger partial charge in [0.2, 0.25) is 0 Å². The molecule has 1 heterocycles. The van der Waals surface area contributed by atoms with Crippen LogP contribution < -0.4 is 5.32 Å². The first-order chi connectivity index (χ1) is 8.37. The second kappa shape index (κ2) is 5.97. The summed E-state index contributed by atoms with van der Waals surface area (Å²) in [6, 6.07) is 1.86. The van der Waals surface area contributed by atoms with Crippen LogP contribution in [0.2, 0.25) is 0 Å². The SMILES string of the molecule is CCC(CCl)(CCl)Nc1cc(C(F)(F)F)ccn1. The molecule has 1 aromatic heterocycles. The lowest BCUT2D eigenvalue weighted by molar-refractivity contribution is -0.137. The minimum atomic E-state index is -4.39. The lowest BCUT2D eigenvalue weighted by atomic mass is 10.0. The highest BCUT2D eigenvalue weighted by Gasteiger charge is 2.32. The van der Waals surface area contributed by atoms with Gasteiger partial charge < -0.3 is 5.32 Å². The molecule has 1 N–H and O–H groups in total. The molecule has 0 aliphatic carbocycles. The molecule has 0 amide bonds. The molecule has 0 fully saturated rings. The van der Waals surface area contributed by atoms with E-state index in [1.807, 2.05) is 6.92 Å². The fourth-order valence-electron chi connectivity index (χ4n) is 1.33. The van der Waals surface area contributed by atoms with E-state index in [1.54, 1.807) is 0 Å². The molecule has 0 saturated heterocycles. The molecule has 0 bridgehead atoms. The van der Waals surface area contributed by atoms with Crippen LogP contribution in [0.15, 0.2) is 18.3 Å². The van der Waals surface area contributed by atoms with Crippen LogP contribution in [-0.4, -0.2) is 22.3 Å². The summed E-state index contributed by atoms with van der Waals surface area (Å²) < 4.78 is 37.6. The first-order valence-corrected chi connectivity index (χ1v) is 6.37. The van der Waals surface area contributed by atoms with Crippen molar-refractivity contribution in [3.05, 3.63) is 23.9 Å². The fourth-order valence-corrected chi connectivity index (χ4v) is 2.12. The largest absolute Gasteiger partial charge is 0.416 e. The van der Waals surface area contributed by atoms with Crippen molar-refractivity contribution >= 4 is 29.0 Å². The summed E-state index contributed by atoms with van der Waals surface area (Å²) in [5.74, 6) is 0.489. The number of rotatable bonds is 5. The molecule has 0 radical (unpaired) electrons. The van der Waals surface area contributed by atoms with Crippen molar-refractivity contribution in [3.8, 4) is 0 Å². The van der Waals surface area contributed by atoms with Gasteiger partial charge in [-0.1, -0.05) is 6.92 Å². The maximum Gasteiger partial charge on any atom is 0.416 e. The topological polar surface area (TPSA) is 24.9 Å². The van der Waals surface area contributed by atoms with E-state index in [0.717, 1.165) is 18.3 Å². The number of nitrogens with zero attached hydrogens (tertiary/aromatic N) is 1. The van der Waals surface area contributed by atoms with Crippen molar-refractivity contribution in [1.29, 1.82) is 0 Å². The summed E-state index contributed by atoms with van der Waals surface area (Å²) >= 11 is 11.6. The lowest BCUT2D eigenvalue weighted by Crippen LogP contribution is -2.42. The smallest absolute Gasteiger partial charge is 0.362 e. The number of pyridine rings is 1. The molecule has 0 aliphatic heterocycles. The van der Waals surface area contributed by atoms with E-state index >= 15 is 0 Å². The predicted molar refractivity (Wildman–Crippen MR) is 67.3 cm³/mol. The van der Waals surface area contributed by atoms with E-state index in [0.29, 0.717) is 6.42 Å². The first-order valence-electron chi connectivity index (χ1n) is 5.30. The molecule has 7 heteroatoms. The van der Waals surface area contributed by atoms with Crippen LogP contribution in [0.4, 0.5) is 19.0 Å². The Balaban J connectivity index is 2.98. The maximum atomic E-state index is 12.5. The quantitative estimate of drug-likeness (QED) is 0.827. The van der Waals surface area contributed by atoms with Crippen LogP contribution in [0.5, 0.6) is 0 Å². The zero-order valence-electron chi connectivity index (χ0n) is 9.69. The lowest BCUT2D eigenvalue weighted by Gasteiger charge is -2.30. The molecular formula is C11H13Cl2F3N2.